The van der Waals surface area contributed by atoms with Gasteiger partial charge in [0, 0.05) is 6.61 Å². The van der Waals surface area contributed by atoms with Crippen LogP contribution in [0.5, 0.6) is 0 Å². The van der Waals surface area contributed by atoms with E-state index in [0.717, 1.165) is 25.2 Å². The third kappa shape index (κ3) is 13.9. The summed E-state index contributed by atoms with van der Waals surface area (Å²) in [6, 6.07) is 0. The molecule has 2 aliphatic heterocycles. The minimum absolute atomic E-state index is 0.0479. The Morgan fingerprint density at radius 1 is 0.711 bits per heavy atom. The van der Waals surface area contributed by atoms with Gasteiger partial charge in [0.1, 0.15) is 48.8 Å². The number of unbranched alkanes of at least 4 members (excludes halogenated alkanes) is 10. The van der Waals surface area contributed by atoms with Crippen LogP contribution in [0.2, 0.25) is 0 Å². The third-order valence-corrected chi connectivity index (χ3v) is 8.26. The van der Waals surface area contributed by atoms with Crippen LogP contribution in [0, 0.1) is 5.92 Å². The van der Waals surface area contributed by atoms with Crippen molar-refractivity contribution in [3.63, 3.8) is 0 Å². The molecule has 2 fully saturated rings. The van der Waals surface area contributed by atoms with Gasteiger partial charge in [-0.3, -0.25) is 0 Å². The zero-order valence-corrected chi connectivity index (χ0v) is 26.8. The molecule has 2 rings (SSSR count). The molecule has 2 aliphatic rings. The van der Waals surface area contributed by atoms with Crippen LogP contribution in [0.3, 0.4) is 0 Å². The van der Waals surface area contributed by atoms with Crippen molar-refractivity contribution in [2.45, 2.75) is 158 Å². The van der Waals surface area contributed by atoms with E-state index in [1.165, 1.54) is 57.8 Å². The average Bonchev–Trinajstić information content (AvgIpc) is 3.00. The fraction of sp³-hybridized carbons (Fsp3) is 0.968. The van der Waals surface area contributed by atoms with Crippen molar-refractivity contribution in [1.82, 2.24) is 0 Å². The SMILES string of the molecule is CC(C)CCCCCCCCCCCCCOCC(O)COC1OC(C(=O)O)C(OC2OC(CO)C(O)C(O)C2O)C(O)C1O. The highest BCUT2D eigenvalue weighted by molar-refractivity contribution is 5.73. The van der Waals surface area contributed by atoms with Gasteiger partial charge in [0.05, 0.1) is 19.8 Å². The van der Waals surface area contributed by atoms with E-state index < -0.39 is 80.1 Å². The Kier molecular flexibility index (Phi) is 19.4. The van der Waals surface area contributed by atoms with Crippen LogP contribution in [0.25, 0.3) is 0 Å². The summed E-state index contributed by atoms with van der Waals surface area (Å²) < 4.78 is 26.7. The van der Waals surface area contributed by atoms with Gasteiger partial charge >= 0.3 is 5.97 Å². The highest BCUT2D eigenvalue weighted by atomic mass is 16.7. The summed E-state index contributed by atoms with van der Waals surface area (Å²) in [5.74, 6) is -0.796. The van der Waals surface area contributed by atoms with Gasteiger partial charge in [-0.2, -0.15) is 0 Å². The fourth-order valence-corrected chi connectivity index (χ4v) is 5.48. The molecule has 45 heavy (non-hydrogen) atoms. The molecule has 0 aromatic rings. The summed E-state index contributed by atoms with van der Waals surface area (Å²) >= 11 is 0. The molecule has 0 radical (unpaired) electrons. The molecule has 0 saturated carbocycles. The van der Waals surface area contributed by atoms with Crippen LogP contribution >= 0.6 is 0 Å². The second kappa shape index (κ2) is 21.8. The smallest absolute Gasteiger partial charge is 0.335 e. The van der Waals surface area contributed by atoms with Crippen molar-refractivity contribution in [2.75, 3.05) is 26.4 Å². The molecular formula is C31H58O14. The predicted octanol–water partition coefficient (Wildman–Crippen LogP) is 0.434. The van der Waals surface area contributed by atoms with Crippen molar-refractivity contribution in [3.05, 3.63) is 0 Å². The lowest BCUT2D eigenvalue weighted by Gasteiger charge is -2.45. The number of rotatable bonds is 23. The van der Waals surface area contributed by atoms with Gasteiger partial charge in [0.15, 0.2) is 18.7 Å². The Bertz CT molecular complexity index is 785. The average molecular weight is 655 g/mol. The normalized spacial score (nSPS) is 33.0. The lowest BCUT2D eigenvalue weighted by Crippen LogP contribution is -2.65. The maximum absolute atomic E-state index is 11.9. The van der Waals surface area contributed by atoms with Crippen molar-refractivity contribution < 1.29 is 69.3 Å². The van der Waals surface area contributed by atoms with Gasteiger partial charge in [0.25, 0.3) is 0 Å². The highest BCUT2D eigenvalue weighted by Crippen LogP contribution is 2.30. The van der Waals surface area contributed by atoms with E-state index in [-0.39, 0.29) is 13.2 Å². The first kappa shape index (κ1) is 40.2. The number of aliphatic hydroxyl groups is 7. The standard InChI is InChI=1S/C31H58O14/c1-19(2)14-12-10-8-6-4-3-5-7-9-11-13-15-41-17-20(33)18-42-30-26(38)24(36)27(28(45-30)29(39)40)44-31-25(37)23(35)22(34)21(16-32)43-31/h19-28,30-38H,3-18H2,1-2H3,(H,39,40). The Hall–Kier alpha value is -1.01. The molecule has 0 aromatic heterocycles. The quantitative estimate of drug-likeness (QED) is 0.0700. The number of hydrogen-bond acceptors (Lipinski definition) is 13. The lowest BCUT2D eigenvalue weighted by molar-refractivity contribution is -0.355. The molecular weight excluding hydrogens is 596 g/mol. The van der Waals surface area contributed by atoms with E-state index in [1.807, 2.05) is 0 Å². The van der Waals surface area contributed by atoms with Crippen LogP contribution in [-0.2, 0) is 28.5 Å². The molecule has 0 amide bonds. The first-order chi connectivity index (χ1) is 21.5. The Labute approximate surface area is 266 Å². The highest BCUT2D eigenvalue weighted by Gasteiger charge is 2.53. The monoisotopic (exact) mass is 654 g/mol. The summed E-state index contributed by atoms with van der Waals surface area (Å²) in [5, 5.41) is 80.4. The van der Waals surface area contributed by atoms with E-state index in [1.54, 1.807) is 0 Å². The molecule has 0 aromatic carbocycles. The van der Waals surface area contributed by atoms with Crippen LogP contribution in [0.1, 0.15) is 90.9 Å². The van der Waals surface area contributed by atoms with Crippen molar-refractivity contribution in [3.8, 4) is 0 Å². The molecule has 11 unspecified atom stereocenters. The van der Waals surface area contributed by atoms with Gasteiger partial charge in [-0.15, -0.1) is 0 Å². The van der Waals surface area contributed by atoms with Crippen molar-refractivity contribution in [2.24, 2.45) is 5.92 Å². The fourth-order valence-electron chi connectivity index (χ4n) is 5.48. The van der Waals surface area contributed by atoms with Gasteiger partial charge in [-0.25, -0.2) is 4.79 Å². The second-order valence-corrected chi connectivity index (χ2v) is 12.7. The van der Waals surface area contributed by atoms with Crippen LogP contribution < -0.4 is 0 Å². The third-order valence-electron chi connectivity index (χ3n) is 8.26. The first-order valence-electron chi connectivity index (χ1n) is 16.6. The molecule has 0 bridgehead atoms. The summed E-state index contributed by atoms with van der Waals surface area (Å²) in [5.41, 5.74) is 0. The molecule has 8 N–H and O–H groups in total. The number of carboxylic acids is 1. The summed E-state index contributed by atoms with van der Waals surface area (Å²) in [6.07, 6.45) is -3.90. The maximum Gasteiger partial charge on any atom is 0.335 e. The number of carboxylic acid groups (broad SMARTS) is 1. The van der Waals surface area contributed by atoms with E-state index in [9.17, 15) is 45.6 Å². The molecule has 2 saturated heterocycles. The van der Waals surface area contributed by atoms with Gasteiger partial charge in [-0.05, 0) is 12.3 Å². The largest absolute Gasteiger partial charge is 0.479 e. The Morgan fingerprint density at radius 3 is 1.82 bits per heavy atom. The Morgan fingerprint density at radius 2 is 1.27 bits per heavy atom. The predicted molar refractivity (Wildman–Crippen MR) is 160 cm³/mol. The summed E-state index contributed by atoms with van der Waals surface area (Å²) in [6.45, 7) is 3.84. The molecule has 14 heteroatoms. The van der Waals surface area contributed by atoms with E-state index in [4.69, 9.17) is 23.7 Å². The topological polar surface area (TPSA) is 225 Å². The molecule has 0 aliphatic carbocycles. The van der Waals surface area contributed by atoms with Crippen molar-refractivity contribution >= 4 is 5.97 Å². The zero-order chi connectivity index (χ0) is 33.4. The molecule has 14 nitrogen and oxygen atoms in total. The maximum atomic E-state index is 11.9. The Balaban J connectivity index is 1.61. The van der Waals surface area contributed by atoms with Gasteiger partial charge in [-0.1, -0.05) is 84.5 Å². The van der Waals surface area contributed by atoms with Crippen LogP contribution in [0.4, 0.5) is 0 Å². The number of aliphatic hydroxyl groups excluding tert-OH is 7. The van der Waals surface area contributed by atoms with Crippen molar-refractivity contribution in [1.29, 1.82) is 0 Å². The molecule has 11 atom stereocenters. The van der Waals surface area contributed by atoms with Gasteiger partial charge in [0.2, 0.25) is 0 Å². The van der Waals surface area contributed by atoms with E-state index in [2.05, 4.69) is 13.8 Å². The van der Waals surface area contributed by atoms with E-state index in [0.29, 0.717) is 6.61 Å². The number of hydrogen-bond donors (Lipinski definition) is 8. The minimum Gasteiger partial charge on any atom is -0.479 e. The minimum atomic E-state index is -1.91. The number of aliphatic carboxylic acids is 1. The van der Waals surface area contributed by atoms with Crippen LogP contribution in [0.15, 0.2) is 0 Å². The summed E-state index contributed by atoms with van der Waals surface area (Å²) in [4.78, 5) is 11.9. The summed E-state index contributed by atoms with van der Waals surface area (Å²) in [7, 11) is 0. The van der Waals surface area contributed by atoms with E-state index >= 15 is 0 Å². The molecule has 0 spiro atoms. The first-order valence-corrected chi connectivity index (χ1v) is 16.6. The lowest BCUT2D eigenvalue weighted by atomic mass is 9.97. The zero-order valence-electron chi connectivity index (χ0n) is 26.8. The second-order valence-electron chi connectivity index (χ2n) is 12.7. The molecule has 2 heterocycles. The number of ether oxygens (including phenoxy) is 5. The number of carbonyl (C=O) groups is 1. The van der Waals surface area contributed by atoms with Gasteiger partial charge < -0.3 is 64.5 Å². The molecule has 266 valence electrons. The van der Waals surface area contributed by atoms with Crippen LogP contribution in [-0.4, -0.2) is 141 Å².